The summed E-state index contributed by atoms with van der Waals surface area (Å²) < 4.78 is 7.25. The predicted molar refractivity (Wildman–Crippen MR) is 85.5 cm³/mol. The minimum atomic E-state index is -0.467. The SMILES string of the molecule is Cc1nn(C)c(C)c1CC(C)NC(=O)C1(CN)CCOCC1. The fourth-order valence-electron chi connectivity index (χ4n) is 3.13. The first-order valence-electron chi connectivity index (χ1n) is 7.97. The Hall–Kier alpha value is -1.40. The molecule has 0 saturated carbocycles. The van der Waals surface area contributed by atoms with E-state index < -0.39 is 5.41 Å². The van der Waals surface area contributed by atoms with Crippen LogP contribution in [0.2, 0.25) is 0 Å². The third-order valence-electron chi connectivity index (χ3n) is 4.87. The highest BCUT2D eigenvalue weighted by Crippen LogP contribution is 2.29. The van der Waals surface area contributed by atoms with Crippen LogP contribution in [0.3, 0.4) is 0 Å². The highest BCUT2D eigenvalue weighted by atomic mass is 16.5. The molecule has 124 valence electrons. The van der Waals surface area contributed by atoms with Crippen molar-refractivity contribution in [1.29, 1.82) is 0 Å². The Morgan fingerprint density at radius 1 is 1.45 bits per heavy atom. The van der Waals surface area contributed by atoms with E-state index in [1.54, 1.807) is 0 Å². The summed E-state index contributed by atoms with van der Waals surface area (Å²) in [4.78, 5) is 12.7. The first kappa shape index (κ1) is 17.0. The number of carbonyl (C=O) groups is 1. The molecule has 2 heterocycles. The summed E-state index contributed by atoms with van der Waals surface area (Å²) in [5, 5.41) is 7.57. The lowest BCUT2D eigenvalue weighted by molar-refractivity contribution is -0.136. The van der Waals surface area contributed by atoms with E-state index in [0.29, 0.717) is 32.6 Å². The Labute approximate surface area is 132 Å². The molecule has 0 spiro atoms. The molecule has 3 N–H and O–H groups in total. The van der Waals surface area contributed by atoms with E-state index >= 15 is 0 Å². The summed E-state index contributed by atoms with van der Waals surface area (Å²) in [6.07, 6.45) is 2.19. The van der Waals surface area contributed by atoms with E-state index in [-0.39, 0.29) is 11.9 Å². The van der Waals surface area contributed by atoms with Crippen LogP contribution in [0.15, 0.2) is 0 Å². The number of carbonyl (C=O) groups excluding carboxylic acids is 1. The van der Waals surface area contributed by atoms with E-state index in [4.69, 9.17) is 10.5 Å². The van der Waals surface area contributed by atoms with Crippen LogP contribution < -0.4 is 11.1 Å². The van der Waals surface area contributed by atoms with Crippen molar-refractivity contribution in [3.63, 3.8) is 0 Å². The van der Waals surface area contributed by atoms with Crippen molar-refractivity contribution >= 4 is 5.91 Å². The summed E-state index contributed by atoms with van der Waals surface area (Å²) in [6.45, 7) is 7.70. The molecule has 1 aliphatic heterocycles. The Kier molecular flexibility index (Phi) is 5.24. The fraction of sp³-hybridized carbons (Fsp3) is 0.750. The van der Waals surface area contributed by atoms with Crippen molar-refractivity contribution < 1.29 is 9.53 Å². The van der Waals surface area contributed by atoms with Gasteiger partial charge in [-0.05, 0) is 45.6 Å². The fourth-order valence-corrected chi connectivity index (χ4v) is 3.13. The van der Waals surface area contributed by atoms with Gasteiger partial charge in [-0.15, -0.1) is 0 Å². The molecule has 6 heteroatoms. The Morgan fingerprint density at radius 2 is 2.09 bits per heavy atom. The Balaban J connectivity index is 2.01. The molecule has 6 nitrogen and oxygen atoms in total. The zero-order valence-electron chi connectivity index (χ0n) is 14.1. The number of ether oxygens (including phenoxy) is 1. The van der Waals surface area contributed by atoms with Gasteiger partial charge in [0, 0.05) is 38.5 Å². The normalized spacial score (nSPS) is 19.0. The lowest BCUT2D eigenvalue weighted by Crippen LogP contribution is -2.51. The number of nitrogens with two attached hydrogens (primary N) is 1. The van der Waals surface area contributed by atoms with E-state index in [2.05, 4.69) is 17.3 Å². The maximum atomic E-state index is 12.7. The molecular weight excluding hydrogens is 280 g/mol. The monoisotopic (exact) mass is 308 g/mol. The van der Waals surface area contributed by atoms with E-state index in [9.17, 15) is 4.79 Å². The third kappa shape index (κ3) is 3.33. The lowest BCUT2D eigenvalue weighted by Gasteiger charge is -2.35. The summed E-state index contributed by atoms with van der Waals surface area (Å²) in [5.41, 5.74) is 8.81. The van der Waals surface area contributed by atoms with Gasteiger partial charge in [0.15, 0.2) is 0 Å². The van der Waals surface area contributed by atoms with Gasteiger partial charge in [-0.2, -0.15) is 5.10 Å². The van der Waals surface area contributed by atoms with Crippen LogP contribution >= 0.6 is 0 Å². The van der Waals surface area contributed by atoms with Crippen molar-refractivity contribution in [2.24, 2.45) is 18.2 Å². The number of nitrogens with one attached hydrogen (secondary N) is 1. The molecule has 1 saturated heterocycles. The van der Waals surface area contributed by atoms with Crippen molar-refractivity contribution in [3.05, 3.63) is 17.0 Å². The van der Waals surface area contributed by atoms with Gasteiger partial charge in [-0.25, -0.2) is 0 Å². The lowest BCUT2D eigenvalue weighted by atomic mass is 9.79. The van der Waals surface area contributed by atoms with Gasteiger partial charge >= 0.3 is 0 Å². The summed E-state index contributed by atoms with van der Waals surface area (Å²) in [5.74, 6) is 0.0602. The number of hydrogen-bond acceptors (Lipinski definition) is 4. The van der Waals surface area contributed by atoms with Gasteiger partial charge in [0.2, 0.25) is 5.91 Å². The second kappa shape index (κ2) is 6.79. The second-order valence-corrected chi connectivity index (χ2v) is 6.45. The molecule has 0 radical (unpaired) electrons. The largest absolute Gasteiger partial charge is 0.381 e. The van der Waals surface area contributed by atoms with Crippen molar-refractivity contribution in [1.82, 2.24) is 15.1 Å². The molecule has 1 amide bonds. The average molecular weight is 308 g/mol. The van der Waals surface area contributed by atoms with Gasteiger partial charge < -0.3 is 15.8 Å². The van der Waals surface area contributed by atoms with Crippen LogP contribution in [0.5, 0.6) is 0 Å². The maximum Gasteiger partial charge on any atom is 0.227 e. The minimum Gasteiger partial charge on any atom is -0.381 e. The summed E-state index contributed by atoms with van der Waals surface area (Å²) in [7, 11) is 1.94. The second-order valence-electron chi connectivity index (χ2n) is 6.45. The molecule has 1 aromatic rings. The minimum absolute atomic E-state index is 0.0559. The molecule has 22 heavy (non-hydrogen) atoms. The van der Waals surface area contributed by atoms with Gasteiger partial charge in [0.05, 0.1) is 11.1 Å². The smallest absolute Gasteiger partial charge is 0.227 e. The Morgan fingerprint density at radius 3 is 2.59 bits per heavy atom. The van der Waals surface area contributed by atoms with Crippen LogP contribution in [0.4, 0.5) is 0 Å². The first-order chi connectivity index (χ1) is 10.4. The molecule has 1 aliphatic rings. The molecule has 0 bridgehead atoms. The van der Waals surface area contributed by atoms with Crippen LogP contribution in [-0.4, -0.2) is 41.5 Å². The van der Waals surface area contributed by atoms with Gasteiger partial charge in [-0.1, -0.05) is 0 Å². The summed E-state index contributed by atoms with van der Waals surface area (Å²) >= 11 is 0. The highest BCUT2D eigenvalue weighted by Gasteiger charge is 2.39. The predicted octanol–water partition coefficient (Wildman–Crippen LogP) is 0.840. The van der Waals surface area contributed by atoms with E-state index in [1.807, 2.05) is 25.6 Å². The number of amides is 1. The molecular formula is C16H28N4O2. The molecule has 1 atom stereocenters. The number of rotatable bonds is 5. The third-order valence-corrected chi connectivity index (χ3v) is 4.87. The van der Waals surface area contributed by atoms with Crippen LogP contribution in [0.1, 0.15) is 36.7 Å². The van der Waals surface area contributed by atoms with E-state index in [1.165, 1.54) is 5.56 Å². The summed E-state index contributed by atoms with van der Waals surface area (Å²) in [6, 6.07) is 0.0559. The standard InChI is InChI=1S/C16H28N4O2/c1-11(9-14-12(2)19-20(4)13(14)3)18-15(21)16(10-17)5-7-22-8-6-16/h11H,5-10,17H2,1-4H3,(H,18,21). The molecule has 0 aliphatic carbocycles. The van der Waals surface area contributed by atoms with Crippen molar-refractivity contribution in [2.45, 2.75) is 46.1 Å². The van der Waals surface area contributed by atoms with E-state index in [0.717, 1.165) is 17.8 Å². The van der Waals surface area contributed by atoms with Crippen LogP contribution in [-0.2, 0) is 23.0 Å². The van der Waals surface area contributed by atoms with Crippen LogP contribution in [0.25, 0.3) is 0 Å². The number of hydrogen-bond donors (Lipinski definition) is 2. The topological polar surface area (TPSA) is 82.2 Å². The number of aromatic nitrogens is 2. The number of nitrogens with zero attached hydrogens (tertiary/aromatic N) is 2. The molecule has 1 aromatic heterocycles. The van der Waals surface area contributed by atoms with Gasteiger partial charge in [0.1, 0.15) is 0 Å². The van der Waals surface area contributed by atoms with Crippen molar-refractivity contribution in [2.75, 3.05) is 19.8 Å². The van der Waals surface area contributed by atoms with Crippen molar-refractivity contribution in [3.8, 4) is 0 Å². The van der Waals surface area contributed by atoms with Gasteiger partial charge in [-0.3, -0.25) is 9.48 Å². The molecule has 2 rings (SSSR count). The first-order valence-corrected chi connectivity index (χ1v) is 7.97. The average Bonchev–Trinajstić information content (AvgIpc) is 2.74. The number of aryl methyl sites for hydroxylation is 2. The molecule has 1 unspecified atom stereocenters. The molecule has 1 fully saturated rings. The zero-order valence-corrected chi connectivity index (χ0v) is 14.1. The van der Waals surface area contributed by atoms with Crippen LogP contribution in [0, 0.1) is 19.3 Å². The maximum absolute atomic E-state index is 12.7. The Bertz CT molecular complexity index is 532. The van der Waals surface area contributed by atoms with Gasteiger partial charge in [0.25, 0.3) is 0 Å². The zero-order chi connectivity index (χ0) is 16.3. The molecule has 0 aromatic carbocycles. The highest BCUT2D eigenvalue weighted by molar-refractivity contribution is 5.83. The quantitative estimate of drug-likeness (QED) is 0.844.